The number of likely N-dealkylation sites (tertiary alicyclic amines) is 1. The number of carbonyl (C=O) groups excluding carboxylic acids is 2. The van der Waals surface area contributed by atoms with Crippen molar-refractivity contribution in [1.82, 2.24) is 19.8 Å². The highest BCUT2D eigenvalue weighted by molar-refractivity contribution is 5.85. The Morgan fingerprint density at radius 2 is 2.12 bits per heavy atom. The van der Waals surface area contributed by atoms with Crippen molar-refractivity contribution in [3.63, 3.8) is 0 Å². The molecule has 0 spiro atoms. The van der Waals surface area contributed by atoms with Crippen LogP contribution in [0.3, 0.4) is 0 Å². The van der Waals surface area contributed by atoms with E-state index in [-0.39, 0.29) is 18.4 Å². The van der Waals surface area contributed by atoms with E-state index in [2.05, 4.69) is 22.4 Å². The summed E-state index contributed by atoms with van der Waals surface area (Å²) in [5.74, 6) is -0.0241. The van der Waals surface area contributed by atoms with Crippen molar-refractivity contribution in [1.29, 1.82) is 0 Å². The number of hydrogen-bond acceptors (Lipinski definition) is 3. The second-order valence-electron chi connectivity index (χ2n) is 6.10. The van der Waals surface area contributed by atoms with Gasteiger partial charge >= 0.3 is 0 Å². The Hall–Kier alpha value is -2.63. The molecular weight excluding hydrogens is 304 g/mol. The predicted octanol–water partition coefficient (Wildman–Crippen LogP) is 1.56. The lowest BCUT2D eigenvalue weighted by Crippen LogP contribution is -2.42. The monoisotopic (exact) mass is 326 g/mol. The van der Waals surface area contributed by atoms with Gasteiger partial charge in [-0.25, -0.2) is 4.98 Å². The summed E-state index contributed by atoms with van der Waals surface area (Å²) in [6, 6.07) is 8.11. The predicted molar refractivity (Wildman–Crippen MR) is 90.0 cm³/mol. The van der Waals surface area contributed by atoms with E-state index in [1.165, 1.54) is 0 Å². The molecule has 6 nitrogen and oxygen atoms in total. The van der Waals surface area contributed by atoms with Gasteiger partial charge in [-0.2, -0.15) is 0 Å². The zero-order chi connectivity index (χ0) is 16.8. The molecule has 3 rings (SSSR count). The van der Waals surface area contributed by atoms with Crippen molar-refractivity contribution in [3.05, 3.63) is 54.1 Å². The van der Waals surface area contributed by atoms with Crippen LogP contribution in [0.5, 0.6) is 0 Å². The van der Waals surface area contributed by atoms with Crippen LogP contribution in [0.2, 0.25) is 0 Å². The minimum absolute atomic E-state index is 0.0822. The van der Waals surface area contributed by atoms with E-state index in [0.29, 0.717) is 19.5 Å². The molecule has 2 aromatic rings. The molecule has 24 heavy (non-hydrogen) atoms. The van der Waals surface area contributed by atoms with Gasteiger partial charge in [-0.05, 0) is 24.0 Å². The number of hydrogen-bond donors (Lipinski definition) is 1. The molecule has 0 aliphatic carbocycles. The van der Waals surface area contributed by atoms with Crippen LogP contribution in [0.25, 0.3) is 0 Å². The lowest BCUT2D eigenvalue weighted by atomic mass is 10.1. The molecule has 1 fully saturated rings. The number of carbonyl (C=O) groups is 2. The maximum atomic E-state index is 12.1. The number of nitrogens with one attached hydrogen (secondary N) is 1. The molecule has 0 bridgehead atoms. The smallest absolute Gasteiger partial charge is 0.239 e. The van der Waals surface area contributed by atoms with E-state index in [0.717, 1.165) is 30.5 Å². The average Bonchev–Trinajstić information content (AvgIpc) is 3.08. The number of piperidine rings is 1. The van der Waals surface area contributed by atoms with Gasteiger partial charge in [0.25, 0.3) is 0 Å². The second kappa shape index (κ2) is 7.77. The minimum atomic E-state index is -0.106. The Bertz CT molecular complexity index is 697. The zero-order valence-electron chi connectivity index (χ0n) is 13.6. The van der Waals surface area contributed by atoms with Crippen LogP contribution < -0.4 is 5.32 Å². The standard InChI is InChI=1S/C18H22N4O2/c23-17(13-22-8-2-1-6-18(22)24)20-11-15-4-3-5-16(10-15)12-21-9-7-19-14-21/h3-5,7,9-10,14H,1-2,6,8,11-13H2,(H,20,23). The summed E-state index contributed by atoms with van der Waals surface area (Å²) in [7, 11) is 0. The van der Waals surface area contributed by atoms with E-state index >= 15 is 0 Å². The van der Waals surface area contributed by atoms with Crippen LogP contribution in [0.15, 0.2) is 43.0 Å². The van der Waals surface area contributed by atoms with Crippen molar-refractivity contribution in [2.24, 2.45) is 0 Å². The van der Waals surface area contributed by atoms with Gasteiger partial charge in [0, 0.05) is 38.4 Å². The molecule has 0 radical (unpaired) electrons. The summed E-state index contributed by atoms with van der Waals surface area (Å²) in [6.07, 6.45) is 7.93. The van der Waals surface area contributed by atoms with Crippen LogP contribution in [-0.2, 0) is 22.7 Å². The summed E-state index contributed by atoms with van der Waals surface area (Å²) < 4.78 is 2.00. The quantitative estimate of drug-likeness (QED) is 0.876. The van der Waals surface area contributed by atoms with Gasteiger partial charge < -0.3 is 14.8 Å². The number of imidazole rings is 1. The van der Waals surface area contributed by atoms with Crippen LogP contribution >= 0.6 is 0 Å². The molecule has 6 heteroatoms. The Morgan fingerprint density at radius 1 is 1.25 bits per heavy atom. The number of nitrogens with zero attached hydrogens (tertiary/aromatic N) is 3. The fraction of sp³-hybridized carbons (Fsp3) is 0.389. The SMILES string of the molecule is O=C(CN1CCCCC1=O)NCc1cccc(Cn2ccnc2)c1. The highest BCUT2D eigenvalue weighted by atomic mass is 16.2. The van der Waals surface area contributed by atoms with E-state index in [1.54, 1.807) is 17.4 Å². The molecule has 0 saturated carbocycles. The molecule has 1 saturated heterocycles. The molecule has 0 unspecified atom stereocenters. The molecule has 1 aromatic carbocycles. The Kier molecular flexibility index (Phi) is 5.25. The molecule has 1 aliphatic heterocycles. The van der Waals surface area contributed by atoms with Crippen molar-refractivity contribution >= 4 is 11.8 Å². The summed E-state index contributed by atoms with van der Waals surface area (Å²) in [5, 5.41) is 2.90. The van der Waals surface area contributed by atoms with E-state index in [1.807, 2.05) is 22.9 Å². The van der Waals surface area contributed by atoms with Crippen molar-refractivity contribution < 1.29 is 9.59 Å². The van der Waals surface area contributed by atoms with E-state index in [9.17, 15) is 9.59 Å². The van der Waals surface area contributed by atoms with Crippen molar-refractivity contribution in [2.75, 3.05) is 13.1 Å². The normalized spacial score (nSPS) is 14.7. The summed E-state index contributed by atoms with van der Waals surface area (Å²) >= 11 is 0. The summed E-state index contributed by atoms with van der Waals surface area (Å²) in [5.41, 5.74) is 2.21. The van der Waals surface area contributed by atoms with Gasteiger partial charge in [0.15, 0.2) is 0 Å². The number of benzene rings is 1. The van der Waals surface area contributed by atoms with Gasteiger partial charge in [0.2, 0.25) is 11.8 Å². The number of amides is 2. The van der Waals surface area contributed by atoms with Crippen LogP contribution in [-0.4, -0.2) is 39.4 Å². The Labute approximate surface area is 141 Å². The van der Waals surface area contributed by atoms with Crippen LogP contribution in [0, 0.1) is 0 Å². The van der Waals surface area contributed by atoms with Crippen LogP contribution in [0.4, 0.5) is 0 Å². The van der Waals surface area contributed by atoms with Crippen molar-refractivity contribution in [3.8, 4) is 0 Å². The van der Waals surface area contributed by atoms with Gasteiger partial charge in [-0.1, -0.05) is 24.3 Å². The number of aromatic nitrogens is 2. The van der Waals surface area contributed by atoms with Gasteiger partial charge in [0.05, 0.1) is 12.9 Å². The summed E-state index contributed by atoms with van der Waals surface area (Å²) in [6.45, 7) is 2.07. The first-order chi connectivity index (χ1) is 11.7. The first-order valence-corrected chi connectivity index (χ1v) is 8.29. The maximum absolute atomic E-state index is 12.1. The molecule has 0 atom stereocenters. The Balaban J connectivity index is 1.50. The molecule has 1 aromatic heterocycles. The molecular formula is C18H22N4O2. The summed E-state index contributed by atoms with van der Waals surface area (Å²) in [4.78, 5) is 29.5. The molecule has 1 N–H and O–H groups in total. The topological polar surface area (TPSA) is 67.2 Å². The van der Waals surface area contributed by atoms with Gasteiger partial charge in [-0.3, -0.25) is 9.59 Å². The number of rotatable bonds is 6. The highest BCUT2D eigenvalue weighted by Gasteiger charge is 2.20. The fourth-order valence-corrected chi connectivity index (χ4v) is 2.89. The van der Waals surface area contributed by atoms with Gasteiger partial charge in [-0.15, -0.1) is 0 Å². The Morgan fingerprint density at radius 3 is 2.92 bits per heavy atom. The van der Waals surface area contributed by atoms with Gasteiger partial charge in [0.1, 0.15) is 0 Å². The third kappa shape index (κ3) is 4.44. The zero-order valence-corrected chi connectivity index (χ0v) is 13.6. The molecule has 126 valence electrons. The third-order valence-electron chi connectivity index (χ3n) is 4.16. The lowest BCUT2D eigenvalue weighted by molar-refractivity contribution is -0.137. The second-order valence-corrected chi connectivity index (χ2v) is 6.10. The molecule has 1 aliphatic rings. The third-order valence-corrected chi connectivity index (χ3v) is 4.16. The minimum Gasteiger partial charge on any atom is -0.350 e. The molecule has 2 amide bonds. The molecule has 2 heterocycles. The maximum Gasteiger partial charge on any atom is 0.239 e. The van der Waals surface area contributed by atoms with Crippen LogP contribution in [0.1, 0.15) is 30.4 Å². The largest absolute Gasteiger partial charge is 0.350 e. The van der Waals surface area contributed by atoms with E-state index in [4.69, 9.17) is 0 Å². The highest BCUT2D eigenvalue weighted by Crippen LogP contribution is 2.10. The first-order valence-electron chi connectivity index (χ1n) is 8.29. The fourth-order valence-electron chi connectivity index (χ4n) is 2.89. The average molecular weight is 326 g/mol. The first kappa shape index (κ1) is 16.2. The van der Waals surface area contributed by atoms with E-state index < -0.39 is 0 Å². The van der Waals surface area contributed by atoms with Crippen molar-refractivity contribution in [2.45, 2.75) is 32.4 Å². The lowest BCUT2D eigenvalue weighted by Gasteiger charge is -2.25.